The van der Waals surface area contributed by atoms with E-state index in [1.54, 1.807) is 23.5 Å². The van der Waals surface area contributed by atoms with Gasteiger partial charge in [-0.3, -0.25) is 0 Å². The Balaban J connectivity index is 3.53. The van der Waals surface area contributed by atoms with Gasteiger partial charge in [-0.1, -0.05) is 108 Å². The fraction of sp³-hybridized carbons (Fsp3) is 0.900. The van der Waals surface area contributed by atoms with Crippen molar-refractivity contribution in [2.45, 2.75) is 109 Å². The maximum Gasteiger partial charge on any atom is 0.106 e. The monoisotopic (exact) mass is 387 g/mol. The first kappa shape index (κ1) is 24.3. The molecule has 0 aliphatic heterocycles. The lowest BCUT2D eigenvalue weighted by Gasteiger charge is -2.20. The summed E-state index contributed by atoms with van der Waals surface area (Å²) in [4.78, 5) is 0. The Hall–Kier alpha value is 0.280. The molecule has 0 rings (SSSR count). The van der Waals surface area contributed by atoms with E-state index in [4.69, 9.17) is 12.2 Å². The SMILES string of the molecule is CCCCCCCCCCCCSC(=S)SC(C)(C#N)CCCC. The first-order valence-electron chi connectivity index (χ1n) is 9.85. The zero-order chi connectivity index (χ0) is 18.1. The summed E-state index contributed by atoms with van der Waals surface area (Å²) >= 11 is 8.84. The topological polar surface area (TPSA) is 23.8 Å². The molecule has 0 aliphatic carbocycles. The summed E-state index contributed by atoms with van der Waals surface area (Å²) in [5.74, 6) is 1.11. The third-order valence-corrected chi connectivity index (χ3v) is 7.12. The predicted molar refractivity (Wildman–Crippen MR) is 118 cm³/mol. The summed E-state index contributed by atoms with van der Waals surface area (Å²) in [6, 6.07) is 2.45. The zero-order valence-corrected chi connectivity index (χ0v) is 18.5. The van der Waals surface area contributed by atoms with Crippen LogP contribution in [0, 0.1) is 11.3 Å². The Kier molecular flexibility index (Phi) is 16.9. The number of thioether (sulfide) groups is 2. The van der Waals surface area contributed by atoms with Crippen LogP contribution in [-0.4, -0.2) is 14.0 Å². The predicted octanol–water partition coefficient (Wildman–Crippen LogP) is 8.13. The molecule has 0 N–H and O–H groups in total. The van der Waals surface area contributed by atoms with Crippen LogP contribution in [0.1, 0.15) is 104 Å². The summed E-state index contributed by atoms with van der Waals surface area (Å²) < 4.78 is 0.615. The molecule has 0 spiro atoms. The van der Waals surface area contributed by atoms with Gasteiger partial charge in [0.1, 0.15) is 8.28 Å². The summed E-state index contributed by atoms with van der Waals surface area (Å²) in [7, 11) is 0. The van der Waals surface area contributed by atoms with Gasteiger partial charge in [0.25, 0.3) is 0 Å². The quantitative estimate of drug-likeness (QED) is 0.209. The molecule has 4 heteroatoms. The van der Waals surface area contributed by atoms with Gasteiger partial charge in [-0.05, 0) is 25.5 Å². The largest absolute Gasteiger partial charge is 0.197 e. The van der Waals surface area contributed by atoms with Crippen molar-refractivity contribution in [3.05, 3.63) is 0 Å². The number of rotatable bonds is 15. The molecular weight excluding hydrogens is 350 g/mol. The van der Waals surface area contributed by atoms with Gasteiger partial charge in [-0.25, -0.2) is 0 Å². The molecule has 0 saturated carbocycles. The van der Waals surface area contributed by atoms with Gasteiger partial charge >= 0.3 is 0 Å². The number of nitrogens with zero attached hydrogens (tertiary/aromatic N) is 1. The number of thiocarbonyl (C=S) groups is 1. The lowest BCUT2D eigenvalue weighted by atomic mass is 10.1. The van der Waals surface area contributed by atoms with Crippen molar-refractivity contribution >= 4 is 39.3 Å². The minimum Gasteiger partial charge on any atom is -0.197 e. The van der Waals surface area contributed by atoms with E-state index >= 15 is 0 Å². The normalized spacial score (nSPS) is 13.4. The van der Waals surface area contributed by atoms with Crippen molar-refractivity contribution in [1.82, 2.24) is 0 Å². The van der Waals surface area contributed by atoms with E-state index < -0.39 is 0 Å². The Morgan fingerprint density at radius 2 is 1.38 bits per heavy atom. The maximum absolute atomic E-state index is 9.38. The standard InChI is InChI=1S/C20H37NS3/c1-4-6-8-9-10-11-12-13-14-15-17-23-19(22)24-20(3,18-21)16-7-5-2/h4-17H2,1-3H3. The molecule has 0 aromatic carbocycles. The molecule has 140 valence electrons. The van der Waals surface area contributed by atoms with Crippen molar-refractivity contribution in [3.8, 4) is 6.07 Å². The molecule has 0 saturated heterocycles. The first-order chi connectivity index (χ1) is 11.6. The molecule has 1 atom stereocenters. The smallest absolute Gasteiger partial charge is 0.106 e. The Morgan fingerprint density at radius 3 is 1.88 bits per heavy atom. The van der Waals surface area contributed by atoms with Crippen LogP contribution in [-0.2, 0) is 0 Å². The summed E-state index contributed by atoms with van der Waals surface area (Å²) in [5.41, 5.74) is 0. The average Bonchev–Trinajstić information content (AvgIpc) is 2.58. The average molecular weight is 388 g/mol. The van der Waals surface area contributed by atoms with Gasteiger partial charge in [0.05, 0.1) is 6.07 Å². The maximum atomic E-state index is 9.38. The summed E-state index contributed by atoms with van der Waals surface area (Å²) in [6.45, 7) is 6.47. The van der Waals surface area contributed by atoms with Gasteiger partial charge in [0, 0.05) is 0 Å². The molecule has 0 bridgehead atoms. The fourth-order valence-electron chi connectivity index (χ4n) is 2.60. The Morgan fingerprint density at radius 1 is 0.875 bits per heavy atom. The second kappa shape index (κ2) is 16.7. The highest BCUT2D eigenvalue weighted by molar-refractivity contribution is 8.47. The fourth-order valence-corrected chi connectivity index (χ4v) is 5.62. The third kappa shape index (κ3) is 14.6. The van der Waals surface area contributed by atoms with Crippen LogP contribution in [0.2, 0.25) is 0 Å². The van der Waals surface area contributed by atoms with E-state index in [0.717, 1.165) is 28.5 Å². The number of hydrogen-bond acceptors (Lipinski definition) is 4. The van der Waals surface area contributed by atoms with Crippen molar-refractivity contribution in [2.24, 2.45) is 0 Å². The van der Waals surface area contributed by atoms with Crippen LogP contribution in [0.5, 0.6) is 0 Å². The second-order valence-corrected chi connectivity index (χ2v) is 10.6. The van der Waals surface area contributed by atoms with E-state index in [2.05, 4.69) is 19.9 Å². The third-order valence-electron chi connectivity index (χ3n) is 4.27. The highest BCUT2D eigenvalue weighted by Crippen LogP contribution is 2.35. The van der Waals surface area contributed by atoms with Crippen LogP contribution in [0.4, 0.5) is 0 Å². The number of hydrogen-bond donors (Lipinski definition) is 0. The molecule has 24 heavy (non-hydrogen) atoms. The van der Waals surface area contributed by atoms with Crippen molar-refractivity contribution in [2.75, 3.05) is 5.75 Å². The molecule has 0 radical (unpaired) electrons. The van der Waals surface area contributed by atoms with E-state index in [-0.39, 0.29) is 4.75 Å². The zero-order valence-electron chi connectivity index (χ0n) is 16.1. The van der Waals surface area contributed by atoms with Gasteiger partial charge in [-0.15, -0.1) is 11.8 Å². The van der Waals surface area contributed by atoms with Crippen LogP contribution in [0.15, 0.2) is 0 Å². The van der Waals surface area contributed by atoms with Crippen LogP contribution in [0.3, 0.4) is 0 Å². The van der Waals surface area contributed by atoms with Crippen molar-refractivity contribution in [3.63, 3.8) is 0 Å². The van der Waals surface area contributed by atoms with Gasteiger partial charge in [0.15, 0.2) is 0 Å². The van der Waals surface area contributed by atoms with Gasteiger partial charge < -0.3 is 0 Å². The number of unbranched alkanes of at least 4 members (excludes halogenated alkanes) is 10. The Labute approximate surface area is 165 Å². The van der Waals surface area contributed by atoms with Crippen LogP contribution in [0.25, 0.3) is 0 Å². The molecule has 0 aliphatic rings. The lowest BCUT2D eigenvalue weighted by molar-refractivity contribution is 0.563. The van der Waals surface area contributed by atoms with Crippen LogP contribution >= 0.6 is 35.7 Å². The van der Waals surface area contributed by atoms with Gasteiger partial charge in [0.2, 0.25) is 0 Å². The lowest BCUT2D eigenvalue weighted by Crippen LogP contribution is -2.18. The molecule has 1 unspecified atom stereocenters. The number of nitriles is 1. The van der Waals surface area contributed by atoms with Gasteiger partial charge in [-0.2, -0.15) is 5.26 Å². The van der Waals surface area contributed by atoms with E-state index in [9.17, 15) is 5.26 Å². The summed E-state index contributed by atoms with van der Waals surface area (Å²) in [6.07, 6.45) is 16.9. The Bertz CT molecular complexity index is 351. The molecule has 0 aromatic rings. The second-order valence-electron chi connectivity index (χ2n) is 6.83. The molecule has 0 fully saturated rings. The molecule has 1 nitrogen and oxygen atoms in total. The van der Waals surface area contributed by atoms with E-state index in [1.807, 2.05) is 6.92 Å². The first-order valence-corrected chi connectivity index (χ1v) is 12.1. The molecule has 0 aromatic heterocycles. The molecule has 0 amide bonds. The highest BCUT2D eigenvalue weighted by atomic mass is 32.2. The van der Waals surface area contributed by atoms with E-state index in [0.29, 0.717) is 0 Å². The molecule has 0 heterocycles. The van der Waals surface area contributed by atoms with E-state index in [1.165, 1.54) is 64.2 Å². The van der Waals surface area contributed by atoms with Crippen LogP contribution < -0.4 is 0 Å². The summed E-state index contributed by atoms with van der Waals surface area (Å²) in [5, 5.41) is 9.38. The highest BCUT2D eigenvalue weighted by Gasteiger charge is 2.25. The molecular formula is C20H37NS3. The van der Waals surface area contributed by atoms with Crippen molar-refractivity contribution < 1.29 is 0 Å². The van der Waals surface area contributed by atoms with Crippen molar-refractivity contribution in [1.29, 1.82) is 5.26 Å². The minimum absolute atomic E-state index is 0.335. The minimum atomic E-state index is -0.335.